The van der Waals surface area contributed by atoms with Crippen LogP contribution in [0.15, 0.2) is 24.3 Å². The van der Waals surface area contributed by atoms with Crippen LogP contribution in [0.3, 0.4) is 0 Å². The second kappa shape index (κ2) is 4.45. The fourth-order valence-corrected chi connectivity index (χ4v) is 2.37. The molecule has 1 aromatic carbocycles. The SMILES string of the molecule is CNC(C)C1(Cc2ccc([N+](=O)[O-])cc2)CC1. The van der Waals surface area contributed by atoms with Crippen LogP contribution in [0.4, 0.5) is 5.69 Å². The van der Waals surface area contributed by atoms with E-state index < -0.39 is 0 Å². The van der Waals surface area contributed by atoms with Crippen LogP contribution in [-0.4, -0.2) is 18.0 Å². The first-order valence-electron chi connectivity index (χ1n) is 5.98. The van der Waals surface area contributed by atoms with Crippen LogP contribution in [-0.2, 0) is 6.42 Å². The third-order valence-corrected chi connectivity index (χ3v) is 3.95. The predicted molar refractivity (Wildman–Crippen MR) is 67.0 cm³/mol. The molecular weight excluding hydrogens is 216 g/mol. The zero-order valence-corrected chi connectivity index (χ0v) is 10.3. The summed E-state index contributed by atoms with van der Waals surface area (Å²) in [4.78, 5) is 10.2. The molecule has 0 bridgehead atoms. The van der Waals surface area contributed by atoms with Gasteiger partial charge in [0.15, 0.2) is 0 Å². The van der Waals surface area contributed by atoms with E-state index in [0.717, 1.165) is 6.42 Å². The van der Waals surface area contributed by atoms with Crippen molar-refractivity contribution >= 4 is 5.69 Å². The van der Waals surface area contributed by atoms with Crippen molar-refractivity contribution in [1.82, 2.24) is 5.32 Å². The van der Waals surface area contributed by atoms with Crippen LogP contribution in [0, 0.1) is 15.5 Å². The minimum absolute atomic E-state index is 0.167. The molecule has 1 atom stereocenters. The maximum atomic E-state index is 10.6. The Morgan fingerprint density at radius 1 is 1.41 bits per heavy atom. The Bertz CT molecular complexity index is 410. The quantitative estimate of drug-likeness (QED) is 0.629. The van der Waals surface area contributed by atoms with E-state index in [1.54, 1.807) is 12.1 Å². The lowest BCUT2D eigenvalue weighted by atomic mass is 9.90. The molecule has 0 aliphatic heterocycles. The van der Waals surface area contributed by atoms with E-state index in [-0.39, 0.29) is 10.6 Å². The van der Waals surface area contributed by atoms with Crippen molar-refractivity contribution < 1.29 is 4.92 Å². The third kappa shape index (κ3) is 2.47. The molecule has 0 saturated heterocycles. The van der Waals surface area contributed by atoms with Crippen LogP contribution in [0.5, 0.6) is 0 Å². The zero-order chi connectivity index (χ0) is 12.5. The molecule has 0 heterocycles. The van der Waals surface area contributed by atoms with E-state index in [0.29, 0.717) is 11.5 Å². The molecule has 1 aromatic rings. The maximum Gasteiger partial charge on any atom is 0.269 e. The topological polar surface area (TPSA) is 55.2 Å². The summed E-state index contributed by atoms with van der Waals surface area (Å²) < 4.78 is 0. The molecule has 4 nitrogen and oxygen atoms in total. The largest absolute Gasteiger partial charge is 0.317 e. The van der Waals surface area contributed by atoms with Crippen molar-refractivity contribution in [2.75, 3.05) is 7.05 Å². The Morgan fingerprint density at radius 3 is 2.41 bits per heavy atom. The fraction of sp³-hybridized carbons (Fsp3) is 0.538. The van der Waals surface area contributed by atoms with E-state index in [4.69, 9.17) is 0 Å². The van der Waals surface area contributed by atoms with E-state index >= 15 is 0 Å². The molecule has 17 heavy (non-hydrogen) atoms. The number of nitrogens with zero attached hydrogens (tertiary/aromatic N) is 1. The van der Waals surface area contributed by atoms with Gasteiger partial charge in [0.2, 0.25) is 0 Å². The Morgan fingerprint density at radius 2 is 2.00 bits per heavy atom. The van der Waals surface area contributed by atoms with Gasteiger partial charge in [0, 0.05) is 18.2 Å². The summed E-state index contributed by atoms with van der Waals surface area (Å²) in [7, 11) is 1.99. The number of nitro groups is 1. The van der Waals surface area contributed by atoms with Gasteiger partial charge in [0.1, 0.15) is 0 Å². The standard InChI is InChI=1S/C13H18N2O2/c1-10(14-2)13(7-8-13)9-11-3-5-12(6-4-11)15(16)17/h3-6,10,14H,7-9H2,1-2H3. The summed E-state index contributed by atoms with van der Waals surface area (Å²) in [5.74, 6) is 0. The summed E-state index contributed by atoms with van der Waals surface area (Å²) >= 11 is 0. The zero-order valence-electron chi connectivity index (χ0n) is 10.3. The van der Waals surface area contributed by atoms with Crippen LogP contribution in [0.25, 0.3) is 0 Å². The highest BCUT2D eigenvalue weighted by atomic mass is 16.6. The van der Waals surface area contributed by atoms with Gasteiger partial charge >= 0.3 is 0 Å². The lowest BCUT2D eigenvalue weighted by molar-refractivity contribution is -0.384. The summed E-state index contributed by atoms with van der Waals surface area (Å²) in [6, 6.07) is 7.43. The molecule has 0 radical (unpaired) electrons. The molecule has 1 N–H and O–H groups in total. The van der Waals surface area contributed by atoms with Crippen LogP contribution in [0.1, 0.15) is 25.3 Å². The van der Waals surface area contributed by atoms with Gasteiger partial charge < -0.3 is 5.32 Å². The van der Waals surface area contributed by atoms with Gasteiger partial charge in [-0.1, -0.05) is 12.1 Å². The Hall–Kier alpha value is -1.42. The lowest BCUT2D eigenvalue weighted by Gasteiger charge is -2.22. The van der Waals surface area contributed by atoms with Gasteiger partial charge in [-0.3, -0.25) is 10.1 Å². The van der Waals surface area contributed by atoms with Crippen LogP contribution >= 0.6 is 0 Å². The third-order valence-electron chi connectivity index (χ3n) is 3.95. The molecule has 1 unspecified atom stereocenters. The Balaban J connectivity index is 2.07. The fourth-order valence-electron chi connectivity index (χ4n) is 2.37. The number of hydrogen-bond donors (Lipinski definition) is 1. The molecule has 1 saturated carbocycles. The van der Waals surface area contributed by atoms with Gasteiger partial charge in [-0.25, -0.2) is 0 Å². The first-order valence-corrected chi connectivity index (χ1v) is 5.98. The minimum atomic E-state index is -0.354. The number of non-ortho nitro benzene ring substituents is 1. The highest BCUT2D eigenvalue weighted by Crippen LogP contribution is 2.51. The second-order valence-electron chi connectivity index (χ2n) is 4.97. The van der Waals surface area contributed by atoms with Gasteiger partial charge in [-0.15, -0.1) is 0 Å². The molecule has 0 spiro atoms. The van der Waals surface area contributed by atoms with E-state index in [2.05, 4.69) is 12.2 Å². The molecule has 2 rings (SSSR count). The highest BCUT2D eigenvalue weighted by molar-refractivity contribution is 5.33. The molecule has 4 heteroatoms. The van der Waals surface area contributed by atoms with Gasteiger partial charge in [0.05, 0.1) is 4.92 Å². The monoisotopic (exact) mass is 234 g/mol. The first-order chi connectivity index (χ1) is 8.07. The lowest BCUT2D eigenvalue weighted by Crippen LogP contribution is -2.33. The Labute approximate surface area is 101 Å². The van der Waals surface area contributed by atoms with Gasteiger partial charge in [0.25, 0.3) is 5.69 Å². The second-order valence-corrected chi connectivity index (χ2v) is 4.97. The molecule has 0 amide bonds. The summed E-state index contributed by atoms with van der Waals surface area (Å²) in [5.41, 5.74) is 1.72. The minimum Gasteiger partial charge on any atom is -0.317 e. The van der Waals surface area contributed by atoms with Crippen molar-refractivity contribution in [2.45, 2.75) is 32.2 Å². The Kier molecular flexibility index (Phi) is 3.15. The normalized spacial score (nSPS) is 18.7. The van der Waals surface area contributed by atoms with Crippen molar-refractivity contribution in [3.05, 3.63) is 39.9 Å². The molecule has 1 fully saturated rings. The average Bonchev–Trinajstić information content (AvgIpc) is 3.09. The van der Waals surface area contributed by atoms with E-state index in [9.17, 15) is 10.1 Å². The number of nitrogens with one attached hydrogen (secondary N) is 1. The van der Waals surface area contributed by atoms with Crippen molar-refractivity contribution in [3.8, 4) is 0 Å². The van der Waals surface area contributed by atoms with Crippen molar-refractivity contribution in [2.24, 2.45) is 5.41 Å². The molecular formula is C13H18N2O2. The number of nitro benzene ring substituents is 1. The van der Waals surface area contributed by atoms with Crippen LogP contribution in [0.2, 0.25) is 0 Å². The molecule has 92 valence electrons. The van der Waals surface area contributed by atoms with E-state index in [1.807, 2.05) is 19.2 Å². The average molecular weight is 234 g/mol. The predicted octanol–water partition coefficient (Wildman–Crippen LogP) is 2.53. The highest BCUT2D eigenvalue weighted by Gasteiger charge is 2.46. The van der Waals surface area contributed by atoms with Crippen molar-refractivity contribution in [1.29, 1.82) is 0 Å². The summed E-state index contributed by atoms with van der Waals surface area (Å²) in [5, 5.41) is 13.9. The van der Waals surface area contributed by atoms with Gasteiger partial charge in [-0.05, 0) is 44.2 Å². The number of hydrogen-bond acceptors (Lipinski definition) is 3. The molecule has 1 aliphatic rings. The van der Waals surface area contributed by atoms with Gasteiger partial charge in [-0.2, -0.15) is 0 Å². The van der Waals surface area contributed by atoms with Crippen LogP contribution < -0.4 is 5.32 Å². The molecule has 1 aliphatic carbocycles. The maximum absolute atomic E-state index is 10.6. The summed E-state index contributed by atoms with van der Waals surface area (Å²) in [6.07, 6.45) is 3.49. The summed E-state index contributed by atoms with van der Waals surface area (Å²) in [6.45, 7) is 2.21. The number of benzene rings is 1. The van der Waals surface area contributed by atoms with Crippen molar-refractivity contribution in [3.63, 3.8) is 0 Å². The first kappa shape index (κ1) is 12.0. The number of rotatable bonds is 5. The smallest absolute Gasteiger partial charge is 0.269 e. The van der Waals surface area contributed by atoms with E-state index in [1.165, 1.54) is 18.4 Å². The molecule has 0 aromatic heterocycles.